The Kier molecular flexibility index (Phi) is 17.5. The van der Waals surface area contributed by atoms with Crippen LogP contribution >= 0.6 is 68.0 Å². The van der Waals surface area contributed by atoms with E-state index in [2.05, 4.69) is 102 Å². The molecule has 0 aliphatic rings. The first kappa shape index (κ1) is 49.3. The predicted octanol–water partition coefficient (Wildman–Crippen LogP) is 20.7. The van der Waals surface area contributed by atoms with Crippen molar-refractivity contribution in [1.29, 1.82) is 0 Å². The van der Waals surface area contributed by atoms with Crippen molar-refractivity contribution >= 4 is 128 Å². The number of esters is 2. The first-order valence-corrected chi connectivity index (χ1v) is 30.0. The summed E-state index contributed by atoms with van der Waals surface area (Å²) < 4.78 is 23.0. The molecule has 0 amide bonds. The number of carbonyl (C=O) groups is 2. The summed E-state index contributed by atoms with van der Waals surface area (Å²) in [7, 11) is 0. The molecule has 8 rings (SSSR count). The molecule has 2 aromatic carbocycles. The van der Waals surface area contributed by atoms with E-state index in [1.807, 2.05) is 45.3 Å². The Morgan fingerprint density at radius 1 is 0.424 bits per heavy atom. The summed E-state index contributed by atoms with van der Waals surface area (Å²) in [6, 6.07) is 23.2. The smallest absolute Gasteiger partial charge is 0.309 e. The molecule has 4 atom stereocenters. The summed E-state index contributed by atoms with van der Waals surface area (Å²) in [4.78, 5) is 31.8. The van der Waals surface area contributed by atoms with Gasteiger partial charge in [-0.3, -0.25) is 9.59 Å². The van der Waals surface area contributed by atoms with Gasteiger partial charge in [-0.1, -0.05) is 143 Å². The third-order valence-corrected chi connectivity index (χ3v) is 20.7. The van der Waals surface area contributed by atoms with Gasteiger partial charge in [0.1, 0.15) is 12.2 Å². The Morgan fingerprint density at radius 3 is 1.20 bits per heavy atom. The van der Waals surface area contributed by atoms with Crippen molar-refractivity contribution in [3.05, 3.63) is 70.4 Å². The maximum absolute atomic E-state index is 13.5. The van der Waals surface area contributed by atoms with Crippen LogP contribution in [0, 0.1) is 11.8 Å². The van der Waals surface area contributed by atoms with Crippen LogP contribution < -0.4 is 0 Å². The Labute approximate surface area is 416 Å². The van der Waals surface area contributed by atoms with E-state index in [1.165, 1.54) is 108 Å². The van der Waals surface area contributed by atoms with Crippen LogP contribution in [0.3, 0.4) is 0 Å². The van der Waals surface area contributed by atoms with Gasteiger partial charge >= 0.3 is 11.9 Å². The normalized spacial score (nSPS) is 14.0. The van der Waals surface area contributed by atoms with E-state index in [1.54, 1.807) is 22.7 Å². The summed E-state index contributed by atoms with van der Waals surface area (Å²) in [5, 5.41) is 2.67. The van der Waals surface area contributed by atoms with Crippen molar-refractivity contribution in [1.82, 2.24) is 0 Å². The molecule has 0 aliphatic heterocycles. The average molecular weight is 998 g/mol. The van der Waals surface area contributed by atoms with Crippen molar-refractivity contribution in [2.24, 2.45) is 11.8 Å². The zero-order valence-electron chi connectivity index (χ0n) is 39.9. The molecule has 0 aliphatic carbocycles. The monoisotopic (exact) mass is 996 g/mol. The minimum Gasteiger partial charge on any atom is -0.456 e. The van der Waals surface area contributed by atoms with Crippen LogP contribution in [0.25, 0.3) is 69.3 Å². The molecule has 8 aromatic rings. The van der Waals surface area contributed by atoms with Crippen molar-refractivity contribution in [3.8, 4) is 20.9 Å². The quantitative estimate of drug-likeness (QED) is 0.0401. The lowest BCUT2D eigenvalue weighted by atomic mass is 9.95. The van der Waals surface area contributed by atoms with Crippen LogP contribution in [-0.4, -0.2) is 11.9 Å². The second-order valence-electron chi connectivity index (χ2n) is 18.3. The first-order valence-electron chi connectivity index (χ1n) is 25.1. The molecule has 10 heteroatoms. The first-order chi connectivity index (χ1) is 32.2. The number of hydrogen-bond donors (Lipinski definition) is 0. The molecule has 0 saturated carbocycles. The highest BCUT2D eigenvalue weighted by atomic mass is 32.1. The lowest BCUT2D eigenvalue weighted by molar-refractivity contribution is -0.156. The van der Waals surface area contributed by atoms with Crippen LogP contribution in [0.15, 0.2) is 60.7 Å². The molecule has 0 fully saturated rings. The van der Waals surface area contributed by atoms with Gasteiger partial charge in [-0.05, 0) is 86.1 Å². The minimum absolute atomic E-state index is 0.000269. The van der Waals surface area contributed by atoms with Crippen LogP contribution in [0.2, 0.25) is 0 Å². The average Bonchev–Trinajstić information content (AvgIpc) is 4.18. The molecule has 0 radical (unpaired) electrons. The molecule has 4 unspecified atom stereocenters. The zero-order chi connectivity index (χ0) is 46.2. The lowest BCUT2D eigenvalue weighted by Crippen LogP contribution is -2.20. The zero-order valence-corrected chi connectivity index (χ0v) is 44.8. The van der Waals surface area contributed by atoms with E-state index >= 15 is 0 Å². The van der Waals surface area contributed by atoms with E-state index in [0.717, 1.165) is 86.8 Å². The second-order valence-corrected chi connectivity index (χ2v) is 24.8. The van der Waals surface area contributed by atoms with Gasteiger partial charge in [0.25, 0.3) is 0 Å². The molecule has 0 spiro atoms. The lowest BCUT2D eigenvalue weighted by Gasteiger charge is -2.20. The molecule has 6 heterocycles. The molecular weight excluding hydrogens is 929 g/mol. The Balaban J connectivity index is 0.944. The number of fused-ring (bicyclic) bond motifs is 7. The number of unbranched alkanes of at least 4 members (excludes halogenated alkanes) is 8. The van der Waals surface area contributed by atoms with Crippen LogP contribution in [0.5, 0.6) is 0 Å². The van der Waals surface area contributed by atoms with Gasteiger partial charge in [-0.2, -0.15) is 0 Å². The molecule has 0 bridgehead atoms. The molecule has 6 aromatic heterocycles. The fraction of sp³-hybridized carbons (Fsp3) is 0.500. The fourth-order valence-electron chi connectivity index (χ4n) is 9.33. The maximum atomic E-state index is 13.5. The summed E-state index contributed by atoms with van der Waals surface area (Å²) in [5.74, 6) is 0.0252. The minimum atomic E-state index is -0.182. The van der Waals surface area contributed by atoms with Crippen LogP contribution in [0.1, 0.15) is 179 Å². The van der Waals surface area contributed by atoms with Crippen molar-refractivity contribution in [2.75, 3.05) is 0 Å². The molecule has 4 nitrogen and oxygen atoms in total. The van der Waals surface area contributed by atoms with Gasteiger partial charge < -0.3 is 9.47 Å². The maximum Gasteiger partial charge on any atom is 0.309 e. The molecular formula is C56H68O4S6. The predicted molar refractivity (Wildman–Crippen MR) is 294 cm³/mol. The second kappa shape index (κ2) is 23.5. The Hall–Kier alpha value is -3.12. The number of ether oxygens (including phenoxy) is 2. The van der Waals surface area contributed by atoms with E-state index in [9.17, 15) is 9.59 Å². The third-order valence-electron chi connectivity index (χ3n) is 13.3. The van der Waals surface area contributed by atoms with Crippen molar-refractivity contribution in [3.63, 3.8) is 0 Å². The summed E-state index contributed by atoms with van der Waals surface area (Å²) >= 11 is 11.1. The number of benzene rings is 2. The molecule has 66 heavy (non-hydrogen) atoms. The third kappa shape index (κ3) is 11.3. The highest BCUT2D eigenvalue weighted by molar-refractivity contribution is 7.36. The number of rotatable bonds is 26. The standard InChI is InChI=1S/C56H68O4S6/c1-7-13-17-19-23-35(21-15-9-3)55(57)59-41(11-5)47-33-51-49(63-47)31-43(61-51)37-25-27-39-45(29-37)65-54-40-28-26-38(30-46(40)66-53(39)54)44-32-50-52(62-44)34-48(64-50)42(12-6)60-56(58)36(22-16-10-4)24-20-18-14-8-2/h25-36,41-42H,7-24H2,1-6H3. The summed E-state index contributed by atoms with van der Waals surface area (Å²) in [6.07, 6.45) is 18.8. The van der Waals surface area contributed by atoms with Gasteiger partial charge in [-0.25, -0.2) is 0 Å². The highest BCUT2D eigenvalue weighted by Gasteiger charge is 2.27. The number of hydrogen-bond acceptors (Lipinski definition) is 10. The molecule has 0 saturated heterocycles. The Bertz CT molecular complexity index is 2590. The van der Waals surface area contributed by atoms with E-state index in [4.69, 9.17) is 9.47 Å². The molecule has 0 N–H and O–H groups in total. The van der Waals surface area contributed by atoms with Gasteiger partial charge in [-0.15, -0.1) is 68.0 Å². The van der Waals surface area contributed by atoms with Gasteiger partial charge in [0.2, 0.25) is 0 Å². The fourth-order valence-corrected chi connectivity index (χ4v) is 17.1. The molecule has 352 valence electrons. The van der Waals surface area contributed by atoms with Crippen LogP contribution in [-0.2, 0) is 19.1 Å². The summed E-state index contributed by atoms with van der Waals surface area (Å²) in [6.45, 7) is 13.1. The van der Waals surface area contributed by atoms with Crippen molar-refractivity contribution < 1.29 is 19.1 Å². The Morgan fingerprint density at radius 2 is 0.818 bits per heavy atom. The largest absolute Gasteiger partial charge is 0.456 e. The van der Waals surface area contributed by atoms with Gasteiger partial charge in [0, 0.05) is 58.5 Å². The number of thiophene rings is 6. The van der Waals surface area contributed by atoms with Gasteiger partial charge in [0.15, 0.2) is 0 Å². The van der Waals surface area contributed by atoms with E-state index in [-0.39, 0.29) is 36.0 Å². The van der Waals surface area contributed by atoms with E-state index < -0.39 is 0 Å². The number of carbonyl (C=O) groups excluding carboxylic acids is 2. The topological polar surface area (TPSA) is 52.6 Å². The SMILES string of the molecule is CCCCCCC(CCCC)C(=O)OC(CC)c1cc2sc(-c3ccc4c(c3)sc3c5ccc(-c6cc7sc(C(CC)OC(=O)C(CCCC)CCCCCC)cc7s6)cc5sc43)cc2s1. The van der Waals surface area contributed by atoms with Gasteiger partial charge in [0.05, 0.1) is 21.2 Å². The van der Waals surface area contributed by atoms with E-state index in [0.29, 0.717) is 0 Å². The van der Waals surface area contributed by atoms with Crippen LogP contribution in [0.4, 0.5) is 0 Å². The highest BCUT2D eigenvalue weighted by Crippen LogP contribution is 2.49. The summed E-state index contributed by atoms with van der Waals surface area (Å²) in [5.41, 5.74) is 2.52. The van der Waals surface area contributed by atoms with Crippen molar-refractivity contribution in [2.45, 2.75) is 169 Å².